The lowest BCUT2D eigenvalue weighted by Crippen LogP contribution is -2.30. The lowest BCUT2D eigenvalue weighted by atomic mass is 9.89. The molecule has 0 atom stereocenters. The minimum Gasteiger partial charge on any atom is -0.493 e. The highest BCUT2D eigenvalue weighted by atomic mass is 19.1. The summed E-state index contributed by atoms with van der Waals surface area (Å²) < 4.78 is 24.3. The van der Waals surface area contributed by atoms with Gasteiger partial charge in [-0.05, 0) is 30.9 Å². The van der Waals surface area contributed by atoms with Crippen LogP contribution in [0.3, 0.4) is 0 Å². The van der Waals surface area contributed by atoms with Gasteiger partial charge in [-0.15, -0.1) is 6.42 Å². The van der Waals surface area contributed by atoms with Gasteiger partial charge in [0.15, 0.2) is 17.3 Å². The Balaban J connectivity index is 2.04. The highest BCUT2D eigenvalue weighted by Crippen LogP contribution is 2.31. The summed E-state index contributed by atoms with van der Waals surface area (Å²) in [5, 5.41) is 2.88. The second-order valence-electron chi connectivity index (χ2n) is 5.70. The standard InChI is InChI=1S/C18H22FNO3/c1-3-9-23-17-15(19)10-14(11-16(17)22-2)18(21)20-12-13-7-5-4-6-8-13/h1,10-11,13H,4-9,12H2,2H3,(H,20,21). The molecule has 0 aromatic heterocycles. The Morgan fingerprint density at radius 2 is 2.13 bits per heavy atom. The Kier molecular flexibility index (Phi) is 6.28. The van der Waals surface area contributed by atoms with Crippen LogP contribution in [0, 0.1) is 24.1 Å². The summed E-state index contributed by atoms with van der Waals surface area (Å²) in [6, 6.07) is 2.61. The fraction of sp³-hybridized carbons (Fsp3) is 0.500. The van der Waals surface area contributed by atoms with Gasteiger partial charge in [-0.2, -0.15) is 0 Å². The molecule has 5 heteroatoms. The molecule has 0 bridgehead atoms. The molecule has 0 spiro atoms. The molecule has 1 saturated carbocycles. The van der Waals surface area contributed by atoms with Crippen molar-refractivity contribution in [3.8, 4) is 23.8 Å². The third kappa shape index (κ3) is 4.62. The Bertz CT molecular complexity index is 589. The van der Waals surface area contributed by atoms with E-state index in [1.54, 1.807) is 0 Å². The number of halogens is 1. The number of amides is 1. The van der Waals surface area contributed by atoms with Gasteiger partial charge in [0.2, 0.25) is 0 Å². The van der Waals surface area contributed by atoms with Crippen molar-refractivity contribution in [3.05, 3.63) is 23.5 Å². The van der Waals surface area contributed by atoms with Crippen LogP contribution in [0.5, 0.6) is 11.5 Å². The first-order valence-corrected chi connectivity index (χ1v) is 7.87. The second kappa shape index (κ2) is 8.42. The first kappa shape index (κ1) is 17.1. The molecule has 0 radical (unpaired) electrons. The minimum atomic E-state index is -0.664. The fourth-order valence-corrected chi connectivity index (χ4v) is 2.84. The number of carbonyl (C=O) groups excluding carboxylic acids is 1. The number of carbonyl (C=O) groups is 1. The largest absolute Gasteiger partial charge is 0.493 e. The first-order valence-electron chi connectivity index (χ1n) is 7.87. The van der Waals surface area contributed by atoms with Crippen LogP contribution in [-0.2, 0) is 0 Å². The number of hydrogen-bond donors (Lipinski definition) is 1. The number of methoxy groups -OCH3 is 1. The van der Waals surface area contributed by atoms with Gasteiger partial charge in [0.05, 0.1) is 7.11 Å². The Morgan fingerprint density at radius 1 is 1.39 bits per heavy atom. The van der Waals surface area contributed by atoms with E-state index in [4.69, 9.17) is 15.9 Å². The lowest BCUT2D eigenvalue weighted by Gasteiger charge is -2.21. The molecule has 1 aromatic carbocycles. The van der Waals surface area contributed by atoms with E-state index in [9.17, 15) is 9.18 Å². The molecule has 1 fully saturated rings. The van der Waals surface area contributed by atoms with Crippen molar-refractivity contribution < 1.29 is 18.7 Å². The van der Waals surface area contributed by atoms with Crippen LogP contribution in [0.15, 0.2) is 12.1 Å². The van der Waals surface area contributed by atoms with Crippen LogP contribution in [0.4, 0.5) is 4.39 Å². The molecule has 0 unspecified atom stereocenters. The van der Waals surface area contributed by atoms with E-state index in [0.29, 0.717) is 12.5 Å². The van der Waals surface area contributed by atoms with Crippen molar-refractivity contribution >= 4 is 5.91 Å². The molecule has 1 aliphatic carbocycles. The zero-order valence-corrected chi connectivity index (χ0v) is 13.4. The van der Waals surface area contributed by atoms with E-state index >= 15 is 0 Å². The van der Waals surface area contributed by atoms with Crippen molar-refractivity contribution in [1.82, 2.24) is 5.32 Å². The quantitative estimate of drug-likeness (QED) is 0.819. The predicted molar refractivity (Wildman–Crippen MR) is 86.2 cm³/mol. The maximum atomic E-state index is 14.1. The van der Waals surface area contributed by atoms with Gasteiger partial charge in [-0.1, -0.05) is 25.2 Å². The van der Waals surface area contributed by atoms with Crippen molar-refractivity contribution in [2.45, 2.75) is 32.1 Å². The number of ether oxygens (including phenoxy) is 2. The summed E-state index contributed by atoms with van der Waals surface area (Å²) in [5.74, 6) is 1.88. The Morgan fingerprint density at radius 3 is 2.78 bits per heavy atom. The smallest absolute Gasteiger partial charge is 0.251 e. The molecule has 1 aromatic rings. The van der Waals surface area contributed by atoms with E-state index in [-0.39, 0.29) is 29.6 Å². The van der Waals surface area contributed by atoms with E-state index in [0.717, 1.165) is 18.9 Å². The third-order valence-electron chi connectivity index (χ3n) is 4.07. The van der Waals surface area contributed by atoms with Crippen molar-refractivity contribution in [3.63, 3.8) is 0 Å². The third-order valence-corrected chi connectivity index (χ3v) is 4.07. The number of rotatable bonds is 6. The molecule has 2 rings (SSSR count). The number of terminal acetylenes is 1. The SMILES string of the molecule is C#CCOc1c(F)cc(C(=O)NCC2CCCCC2)cc1OC. The topological polar surface area (TPSA) is 47.6 Å². The van der Waals surface area contributed by atoms with Crippen LogP contribution in [0.2, 0.25) is 0 Å². The van der Waals surface area contributed by atoms with Crippen molar-refractivity contribution in [2.24, 2.45) is 5.92 Å². The van der Waals surface area contributed by atoms with Gasteiger partial charge >= 0.3 is 0 Å². The molecular weight excluding hydrogens is 297 g/mol. The van der Waals surface area contributed by atoms with Crippen molar-refractivity contribution in [2.75, 3.05) is 20.3 Å². The number of hydrogen-bond acceptors (Lipinski definition) is 3. The molecule has 1 aliphatic rings. The minimum absolute atomic E-state index is 0.0689. The lowest BCUT2D eigenvalue weighted by molar-refractivity contribution is 0.0942. The molecule has 23 heavy (non-hydrogen) atoms. The van der Waals surface area contributed by atoms with E-state index in [1.807, 2.05) is 0 Å². The Hall–Kier alpha value is -2.22. The van der Waals surface area contributed by atoms with E-state index < -0.39 is 5.82 Å². The molecule has 1 amide bonds. The first-order chi connectivity index (χ1) is 11.2. The Labute approximate surface area is 136 Å². The predicted octanol–water partition coefficient (Wildman–Crippen LogP) is 3.16. The van der Waals surface area contributed by atoms with Crippen molar-refractivity contribution in [1.29, 1.82) is 0 Å². The van der Waals surface area contributed by atoms with E-state index in [1.165, 1.54) is 32.4 Å². The summed E-state index contributed by atoms with van der Waals surface area (Å²) in [6.07, 6.45) is 11.1. The molecule has 0 aliphatic heterocycles. The highest BCUT2D eigenvalue weighted by Gasteiger charge is 2.19. The van der Waals surface area contributed by atoms with Gasteiger partial charge < -0.3 is 14.8 Å². The number of benzene rings is 1. The summed E-state index contributed by atoms with van der Waals surface area (Å²) in [7, 11) is 1.39. The fourth-order valence-electron chi connectivity index (χ4n) is 2.84. The van der Waals surface area contributed by atoms with E-state index in [2.05, 4.69) is 11.2 Å². The van der Waals surface area contributed by atoms with Gasteiger partial charge in [-0.3, -0.25) is 4.79 Å². The monoisotopic (exact) mass is 319 g/mol. The summed E-state index contributed by atoms with van der Waals surface area (Å²) in [6.45, 7) is 0.554. The van der Waals surface area contributed by atoms with Crippen LogP contribution < -0.4 is 14.8 Å². The second-order valence-corrected chi connectivity index (χ2v) is 5.70. The normalized spacial score (nSPS) is 14.8. The molecule has 4 nitrogen and oxygen atoms in total. The molecule has 1 N–H and O–H groups in total. The highest BCUT2D eigenvalue weighted by molar-refractivity contribution is 5.95. The van der Waals surface area contributed by atoms with Crippen LogP contribution in [0.1, 0.15) is 42.5 Å². The van der Waals surface area contributed by atoms with Gasteiger partial charge in [-0.25, -0.2) is 4.39 Å². The average Bonchev–Trinajstić information content (AvgIpc) is 2.58. The number of nitrogens with one attached hydrogen (secondary N) is 1. The average molecular weight is 319 g/mol. The summed E-state index contributed by atoms with van der Waals surface area (Å²) >= 11 is 0. The summed E-state index contributed by atoms with van der Waals surface area (Å²) in [5.41, 5.74) is 0.211. The zero-order chi connectivity index (χ0) is 16.7. The van der Waals surface area contributed by atoms with Crippen LogP contribution in [0.25, 0.3) is 0 Å². The maximum Gasteiger partial charge on any atom is 0.251 e. The maximum absolute atomic E-state index is 14.1. The molecule has 0 saturated heterocycles. The molecule has 0 heterocycles. The molecule has 124 valence electrons. The van der Waals surface area contributed by atoms with Gasteiger partial charge in [0.1, 0.15) is 6.61 Å². The summed E-state index contributed by atoms with van der Waals surface area (Å²) in [4.78, 5) is 12.2. The molecular formula is C18H22FNO3. The van der Waals surface area contributed by atoms with Crippen LogP contribution in [-0.4, -0.2) is 26.2 Å². The van der Waals surface area contributed by atoms with Gasteiger partial charge in [0.25, 0.3) is 5.91 Å². The zero-order valence-electron chi connectivity index (χ0n) is 13.4. The van der Waals surface area contributed by atoms with Crippen LogP contribution >= 0.6 is 0 Å². The van der Waals surface area contributed by atoms with Gasteiger partial charge in [0, 0.05) is 12.1 Å².